The molecule has 2 aliphatic heterocycles. The first-order valence-corrected chi connectivity index (χ1v) is 7.02. The van der Waals surface area contributed by atoms with Gasteiger partial charge in [0.25, 0.3) is 0 Å². The Balaban J connectivity index is 2.25. The average molecular weight is 241 g/mol. The van der Waals surface area contributed by atoms with Gasteiger partial charge in [0.2, 0.25) is 0 Å². The summed E-state index contributed by atoms with van der Waals surface area (Å²) in [6.45, 7) is 11.6. The molecule has 2 saturated heterocycles. The van der Waals surface area contributed by atoms with Crippen molar-refractivity contribution in [3.63, 3.8) is 0 Å². The van der Waals surface area contributed by atoms with Crippen LogP contribution in [0, 0.1) is 5.41 Å². The second-order valence-electron chi connectivity index (χ2n) is 6.19. The Morgan fingerprint density at radius 2 is 1.88 bits per heavy atom. The Morgan fingerprint density at radius 3 is 2.41 bits per heavy atom. The largest absolute Gasteiger partial charge is 0.378 e. The van der Waals surface area contributed by atoms with E-state index in [2.05, 4.69) is 33.0 Å². The molecule has 1 atom stereocenters. The fourth-order valence-corrected chi connectivity index (χ4v) is 3.12. The molecule has 0 aromatic heterocycles. The molecule has 0 saturated carbocycles. The summed E-state index contributed by atoms with van der Waals surface area (Å²) in [4.78, 5) is 0. The van der Waals surface area contributed by atoms with E-state index in [9.17, 15) is 0 Å². The van der Waals surface area contributed by atoms with Gasteiger partial charge in [-0.2, -0.15) is 0 Å². The zero-order valence-corrected chi connectivity index (χ0v) is 11.8. The third kappa shape index (κ3) is 2.13. The molecule has 1 unspecified atom stereocenters. The summed E-state index contributed by atoms with van der Waals surface area (Å²) < 4.78 is 12.3. The highest BCUT2D eigenvalue weighted by molar-refractivity contribution is 5.04. The molecule has 0 radical (unpaired) electrons. The first-order chi connectivity index (χ1) is 7.99. The van der Waals surface area contributed by atoms with Gasteiger partial charge < -0.3 is 9.47 Å². The monoisotopic (exact) mass is 241 g/mol. The van der Waals surface area contributed by atoms with Crippen LogP contribution in [0.2, 0.25) is 0 Å². The van der Waals surface area contributed by atoms with Crippen LogP contribution in [0.4, 0.5) is 0 Å². The molecule has 2 heterocycles. The molecule has 0 aromatic carbocycles. The summed E-state index contributed by atoms with van der Waals surface area (Å²) in [5.41, 5.74) is -0.0972. The molecular weight excluding hydrogens is 214 g/mol. The Labute approximate surface area is 105 Å². The lowest BCUT2D eigenvalue weighted by atomic mass is 9.69. The third-order valence-corrected chi connectivity index (χ3v) is 4.82. The minimum atomic E-state index is -0.143. The molecule has 2 rings (SSSR count). The Hall–Kier alpha value is -0.120. The normalized spacial score (nSPS) is 36.0. The van der Waals surface area contributed by atoms with Gasteiger partial charge in [-0.15, -0.1) is 0 Å². The molecular formula is C14H27NO2. The third-order valence-electron chi connectivity index (χ3n) is 4.82. The van der Waals surface area contributed by atoms with Crippen molar-refractivity contribution in [2.24, 2.45) is 5.41 Å². The number of hydrogen-bond donors (Lipinski definition) is 1. The molecule has 3 heteroatoms. The number of rotatable bonds is 2. The van der Waals surface area contributed by atoms with E-state index in [0.29, 0.717) is 0 Å². The van der Waals surface area contributed by atoms with Crippen LogP contribution in [0.3, 0.4) is 0 Å². The van der Waals surface area contributed by atoms with E-state index in [1.807, 2.05) is 0 Å². The summed E-state index contributed by atoms with van der Waals surface area (Å²) in [6, 6.07) is 0. The van der Waals surface area contributed by atoms with Gasteiger partial charge in [0.15, 0.2) is 0 Å². The van der Waals surface area contributed by atoms with Crippen molar-refractivity contribution in [2.45, 2.75) is 64.7 Å². The number of nitrogens with one attached hydrogen (secondary N) is 1. The fourth-order valence-electron chi connectivity index (χ4n) is 3.12. The van der Waals surface area contributed by atoms with Crippen LogP contribution in [-0.4, -0.2) is 31.1 Å². The van der Waals surface area contributed by atoms with Crippen molar-refractivity contribution in [1.29, 1.82) is 0 Å². The van der Waals surface area contributed by atoms with Gasteiger partial charge in [-0.3, -0.25) is 5.32 Å². The van der Waals surface area contributed by atoms with Crippen molar-refractivity contribution in [2.75, 3.05) is 19.8 Å². The molecule has 1 N–H and O–H groups in total. The maximum absolute atomic E-state index is 6.58. The second kappa shape index (κ2) is 4.52. The summed E-state index contributed by atoms with van der Waals surface area (Å²) in [7, 11) is 0. The SMILES string of the molecule is CCC1(CC)NCC(C)(C)C2(CCCOC2)O1. The lowest BCUT2D eigenvalue weighted by Gasteiger charge is -2.58. The number of ether oxygens (including phenoxy) is 2. The molecule has 0 aliphatic carbocycles. The van der Waals surface area contributed by atoms with E-state index in [1.165, 1.54) is 0 Å². The topological polar surface area (TPSA) is 30.5 Å². The van der Waals surface area contributed by atoms with Crippen LogP contribution < -0.4 is 5.32 Å². The van der Waals surface area contributed by atoms with Gasteiger partial charge in [0.1, 0.15) is 11.3 Å². The van der Waals surface area contributed by atoms with Gasteiger partial charge in [-0.05, 0) is 25.7 Å². The van der Waals surface area contributed by atoms with E-state index < -0.39 is 0 Å². The molecule has 2 aliphatic rings. The maximum atomic E-state index is 6.58. The molecule has 100 valence electrons. The molecule has 0 aromatic rings. The lowest BCUT2D eigenvalue weighted by molar-refractivity contribution is -0.284. The smallest absolute Gasteiger partial charge is 0.119 e. The Kier molecular flexibility index (Phi) is 3.54. The predicted molar refractivity (Wildman–Crippen MR) is 69.0 cm³/mol. The predicted octanol–water partition coefficient (Wildman–Crippen LogP) is 2.70. The fraction of sp³-hybridized carbons (Fsp3) is 1.00. The van der Waals surface area contributed by atoms with Crippen LogP contribution in [0.15, 0.2) is 0 Å². The molecule has 17 heavy (non-hydrogen) atoms. The van der Waals surface area contributed by atoms with Gasteiger partial charge in [0.05, 0.1) is 6.61 Å². The lowest BCUT2D eigenvalue weighted by Crippen LogP contribution is -2.69. The highest BCUT2D eigenvalue weighted by atomic mass is 16.6. The molecule has 0 amide bonds. The van der Waals surface area contributed by atoms with Crippen LogP contribution in [0.5, 0.6) is 0 Å². The van der Waals surface area contributed by atoms with Crippen molar-refractivity contribution >= 4 is 0 Å². The minimum absolute atomic E-state index is 0.0947. The van der Waals surface area contributed by atoms with E-state index in [-0.39, 0.29) is 16.7 Å². The average Bonchev–Trinajstić information content (AvgIpc) is 2.35. The van der Waals surface area contributed by atoms with Crippen molar-refractivity contribution in [1.82, 2.24) is 5.32 Å². The first-order valence-electron chi connectivity index (χ1n) is 7.02. The van der Waals surface area contributed by atoms with Gasteiger partial charge in [0, 0.05) is 18.6 Å². The molecule has 3 nitrogen and oxygen atoms in total. The summed E-state index contributed by atoms with van der Waals surface area (Å²) in [5.74, 6) is 0. The second-order valence-corrected chi connectivity index (χ2v) is 6.19. The van der Waals surface area contributed by atoms with Crippen molar-refractivity contribution in [3.8, 4) is 0 Å². The van der Waals surface area contributed by atoms with Gasteiger partial charge >= 0.3 is 0 Å². The maximum Gasteiger partial charge on any atom is 0.119 e. The van der Waals surface area contributed by atoms with Crippen LogP contribution in [0.25, 0.3) is 0 Å². The van der Waals surface area contributed by atoms with E-state index in [4.69, 9.17) is 9.47 Å². The van der Waals surface area contributed by atoms with Crippen molar-refractivity contribution in [3.05, 3.63) is 0 Å². The highest BCUT2D eigenvalue weighted by Crippen LogP contribution is 2.46. The Bertz CT molecular complexity index is 265. The Morgan fingerprint density at radius 1 is 1.18 bits per heavy atom. The number of hydrogen-bond acceptors (Lipinski definition) is 3. The molecule has 0 bridgehead atoms. The molecule has 1 spiro atoms. The first kappa shape index (κ1) is 13.3. The standard InChI is InChI=1S/C14H27NO2/c1-5-14(6-2)15-10-12(3,4)13(17-14)8-7-9-16-11-13/h15H,5-11H2,1-4H3. The minimum Gasteiger partial charge on any atom is -0.378 e. The summed E-state index contributed by atoms with van der Waals surface area (Å²) >= 11 is 0. The zero-order chi connectivity index (χ0) is 12.6. The van der Waals surface area contributed by atoms with Crippen LogP contribution >= 0.6 is 0 Å². The molecule has 2 fully saturated rings. The van der Waals surface area contributed by atoms with Gasteiger partial charge in [-0.25, -0.2) is 0 Å². The zero-order valence-electron chi connectivity index (χ0n) is 11.8. The quantitative estimate of drug-likeness (QED) is 0.806. The van der Waals surface area contributed by atoms with E-state index >= 15 is 0 Å². The van der Waals surface area contributed by atoms with Crippen molar-refractivity contribution < 1.29 is 9.47 Å². The van der Waals surface area contributed by atoms with Crippen LogP contribution in [-0.2, 0) is 9.47 Å². The van der Waals surface area contributed by atoms with Gasteiger partial charge in [-0.1, -0.05) is 27.7 Å². The highest BCUT2D eigenvalue weighted by Gasteiger charge is 2.55. The summed E-state index contributed by atoms with van der Waals surface area (Å²) in [6.07, 6.45) is 4.28. The van der Waals surface area contributed by atoms with E-state index in [0.717, 1.165) is 45.4 Å². The van der Waals surface area contributed by atoms with E-state index in [1.54, 1.807) is 0 Å². The summed E-state index contributed by atoms with van der Waals surface area (Å²) in [5, 5.41) is 3.62. The van der Waals surface area contributed by atoms with Crippen LogP contribution in [0.1, 0.15) is 53.4 Å².